The summed E-state index contributed by atoms with van der Waals surface area (Å²) in [6, 6.07) is 5.50. The molecule has 6 nitrogen and oxygen atoms in total. The summed E-state index contributed by atoms with van der Waals surface area (Å²) in [6.07, 6.45) is 6.30. The van der Waals surface area contributed by atoms with Crippen LogP contribution in [0.4, 0.5) is 0 Å². The summed E-state index contributed by atoms with van der Waals surface area (Å²) >= 11 is 0. The van der Waals surface area contributed by atoms with Gasteiger partial charge >= 0.3 is 5.97 Å². The molecule has 1 N–H and O–H groups in total. The lowest BCUT2D eigenvalue weighted by molar-refractivity contribution is -0.139. The van der Waals surface area contributed by atoms with E-state index in [0.29, 0.717) is 23.8 Å². The molecular formula is C15H17N3O3. The zero-order chi connectivity index (χ0) is 14.7. The molecule has 0 aliphatic heterocycles. The monoisotopic (exact) mass is 287 g/mol. The molecule has 1 aliphatic rings. The van der Waals surface area contributed by atoms with Crippen molar-refractivity contribution in [3.63, 3.8) is 0 Å². The first kappa shape index (κ1) is 13.7. The van der Waals surface area contributed by atoms with Crippen molar-refractivity contribution in [2.75, 3.05) is 0 Å². The average molecular weight is 287 g/mol. The fraction of sp³-hybridized carbons (Fsp3) is 0.467. The number of hydrogen-bond donors (Lipinski definition) is 1. The zero-order valence-electron chi connectivity index (χ0n) is 11.7. The molecular weight excluding hydrogens is 270 g/mol. The maximum absolute atomic E-state index is 11.1. The molecule has 0 unspecified atom stereocenters. The van der Waals surface area contributed by atoms with Gasteiger partial charge in [-0.3, -0.25) is 9.78 Å². The average Bonchev–Trinajstić information content (AvgIpc) is 3.09. The summed E-state index contributed by atoms with van der Waals surface area (Å²) in [5.41, 5.74) is 0.422. The highest BCUT2D eigenvalue weighted by Crippen LogP contribution is 2.43. The number of pyridine rings is 1. The van der Waals surface area contributed by atoms with Gasteiger partial charge in [-0.2, -0.15) is 4.98 Å². The molecule has 2 aromatic rings. The Morgan fingerprint density at radius 2 is 2.14 bits per heavy atom. The van der Waals surface area contributed by atoms with Crippen molar-refractivity contribution < 1.29 is 14.4 Å². The second-order valence-electron chi connectivity index (χ2n) is 5.68. The van der Waals surface area contributed by atoms with E-state index in [0.717, 1.165) is 25.7 Å². The Labute approximate surface area is 122 Å². The summed E-state index contributed by atoms with van der Waals surface area (Å²) in [6.45, 7) is 0. The van der Waals surface area contributed by atoms with Crippen LogP contribution in [-0.2, 0) is 11.2 Å². The largest absolute Gasteiger partial charge is 0.481 e. The number of nitrogens with zero attached hydrogens (tertiary/aromatic N) is 3. The zero-order valence-corrected chi connectivity index (χ0v) is 11.7. The van der Waals surface area contributed by atoms with Gasteiger partial charge in [0.05, 0.1) is 6.42 Å². The van der Waals surface area contributed by atoms with Crippen LogP contribution in [0.5, 0.6) is 0 Å². The van der Waals surface area contributed by atoms with Crippen molar-refractivity contribution in [1.82, 2.24) is 15.1 Å². The molecule has 0 saturated heterocycles. The molecule has 110 valence electrons. The van der Waals surface area contributed by atoms with E-state index < -0.39 is 5.97 Å². The smallest absolute Gasteiger partial charge is 0.303 e. The standard InChI is InChI=1S/C15H17N3O3/c19-13(20)10-15(6-2-3-7-15)9-12-17-14(18-21-12)11-5-1-4-8-16-11/h1,4-5,8H,2-3,6-7,9-10H2,(H,19,20). The molecule has 1 saturated carbocycles. The summed E-state index contributed by atoms with van der Waals surface area (Å²) in [4.78, 5) is 19.6. The molecule has 2 aromatic heterocycles. The summed E-state index contributed by atoms with van der Waals surface area (Å²) in [5.74, 6) is 0.189. The molecule has 3 rings (SSSR count). The van der Waals surface area contributed by atoms with Crippen molar-refractivity contribution in [3.8, 4) is 11.5 Å². The van der Waals surface area contributed by atoms with Crippen LogP contribution >= 0.6 is 0 Å². The van der Waals surface area contributed by atoms with Gasteiger partial charge in [-0.1, -0.05) is 24.1 Å². The van der Waals surface area contributed by atoms with E-state index in [1.807, 2.05) is 18.2 Å². The highest BCUT2D eigenvalue weighted by atomic mass is 16.5. The van der Waals surface area contributed by atoms with Gasteiger partial charge < -0.3 is 9.63 Å². The van der Waals surface area contributed by atoms with Crippen LogP contribution in [0, 0.1) is 5.41 Å². The van der Waals surface area contributed by atoms with Crippen LogP contribution < -0.4 is 0 Å². The van der Waals surface area contributed by atoms with E-state index >= 15 is 0 Å². The van der Waals surface area contributed by atoms with Crippen LogP contribution in [0.1, 0.15) is 38.0 Å². The predicted octanol–water partition coefficient (Wildman–Crippen LogP) is 2.71. The van der Waals surface area contributed by atoms with Crippen LogP contribution in [0.3, 0.4) is 0 Å². The van der Waals surface area contributed by atoms with E-state index in [1.165, 1.54) is 0 Å². The minimum absolute atomic E-state index is 0.161. The van der Waals surface area contributed by atoms with E-state index in [1.54, 1.807) is 6.20 Å². The van der Waals surface area contributed by atoms with Crippen LogP contribution in [0.15, 0.2) is 28.9 Å². The third kappa shape index (κ3) is 3.09. The maximum atomic E-state index is 11.1. The number of carboxylic acid groups (broad SMARTS) is 1. The minimum Gasteiger partial charge on any atom is -0.481 e. The van der Waals surface area contributed by atoms with Crippen LogP contribution in [-0.4, -0.2) is 26.2 Å². The number of carbonyl (C=O) groups is 1. The third-order valence-electron chi connectivity index (χ3n) is 4.08. The number of aromatic nitrogens is 3. The number of aliphatic carboxylic acids is 1. The Morgan fingerprint density at radius 3 is 2.81 bits per heavy atom. The molecule has 0 radical (unpaired) electrons. The highest BCUT2D eigenvalue weighted by Gasteiger charge is 2.38. The number of rotatable bonds is 5. The summed E-state index contributed by atoms with van der Waals surface area (Å²) in [5, 5.41) is 13.1. The fourth-order valence-electron chi connectivity index (χ4n) is 3.11. The normalized spacial score (nSPS) is 17.0. The lowest BCUT2D eigenvalue weighted by atomic mass is 9.79. The van der Waals surface area contributed by atoms with Crippen molar-refractivity contribution in [3.05, 3.63) is 30.3 Å². The summed E-state index contributed by atoms with van der Waals surface area (Å²) in [7, 11) is 0. The van der Waals surface area contributed by atoms with Crippen molar-refractivity contribution in [1.29, 1.82) is 0 Å². The molecule has 1 aliphatic carbocycles. The molecule has 0 atom stereocenters. The van der Waals surface area contributed by atoms with Gasteiger partial charge in [0.1, 0.15) is 5.69 Å². The van der Waals surface area contributed by atoms with Gasteiger partial charge in [0, 0.05) is 12.6 Å². The quantitative estimate of drug-likeness (QED) is 0.909. The number of hydrogen-bond acceptors (Lipinski definition) is 5. The number of carboxylic acids is 1. The van der Waals surface area contributed by atoms with E-state index in [-0.39, 0.29) is 11.8 Å². The first-order chi connectivity index (χ1) is 10.2. The Morgan fingerprint density at radius 1 is 1.33 bits per heavy atom. The first-order valence-electron chi connectivity index (χ1n) is 7.13. The topological polar surface area (TPSA) is 89.1 Å². The molecule has 21 heavy (non-hydrogen) atoms. The van der Waals surface area contributed by atoms with Gasteiger partial charge in [-0.15, -0.1) is 0 Å². The second-order valence-corrected chi connectivity index (χ2v) is 5.68. The van der Waals surface area contributed by atoms with E-state index in [2.05, 4.69) is 15.1 Å². The van der Waals surface area contributed by atoms with Crippen molar-refractivity contribution in [2.45, 2.75) is 38.5 Å². The molecule has 0 amide bonds. The highest BCUT2D eigenvalue weighted by molar-refractivity contribution is 5.67. The second kappa shape index (κ2) is 5.63. The van der Waals surface area contributed by atoms with E-state index in [4.69, 9.17) is 9.63 Å². The molecule has 0 bridgehead atoms. The Kier molecular flexibility index (Phi) is 3.68. The molecule has 6 heteroatoms. The van der Waals surface area contributed by atoms with Gasteiger partial charge in [0.25, 0.3) is 0 Å². The maximum Gasteiger partial charge on any atom is 0.303 e. The van der Waals surface area contributed by atoms with E-state index in [9.17, 15) is 4.79 Å². The Hall–Kier alpha value is -2.24. The molecule has 0 spiro atoms. The molecule has 1 fully saturated rings. The Balaban J connectivity index is 1.78. The first-order valence-corrected chi connectivity index (χ1v) is 7.13. The van der Waals surface area contributed by atoms with Gasteiger partial charge in [-0.05, 0) is 30.4 Å². The predicted molar refractivity (Wildman–Crippen MR) is 74.4 cm³/mol. The molecule has 0 aromatic carbocycles. The van der Waals surface area contributed by atoms with Gasteiger partial charge in [-0.25, -0.2) is 0 Å². The third-order valence-corrected chi connectivity index (χ3v) is 4.08. The van der Waals surface area contributed by atoms with Gasteiger partial charge in [0.15, 0.2) is 0 Å². The van der Waals surface area contributed by atoms with Crippen molar-refractivity contribution >= 4 is 5.97 Å². The van der Waals surface area contributed by atoms with Crippen LogP contribution in [0.25, 0.3) is 11.5 Å². The van der Waals surface area contributed by atoms with Crippen molar-refractivity contribution in [2.24, 2.45) is 5.41 Å². The molecule has 2 heterocycles. The lowest BCUT2D eigenvalue weighted by Crippen LogP contribution is -2.23. The fourth-order valence-corrected chi connectivity index (χ4v) is 3.11. The Bertz CT molecular complexity index is 618. The SMILES string of the molecule is O=C(O)CC1(Cc2nc(-c3ccccn3)no2)CCCC1. The minimum atomic E-state index is -0.763. The van der Waals surface area contributed by atoms with Gasteiger partial charge in [0.2, 0.25) is 11.7 Å². The lowest BCUT2D eigenvalue weighted by Gasteiger charge is -2.24. The van der Waals surface area contributed by atoms with Crippen LogP contribution in [0.2, 0.25) is 0 Å². The summed E-state index contributed by atoms with van der Waals surface area (Å²) < 4.78 is 5.29.